The third kappa shape index (κ3) is 6.17. The molecule has 1 aromatic rings. The molecule has 1 atom stereocenters. The van der Waals surface area contributed by atoms with E-state index in [1.807, 2.05) is 18.7 Å². The van der Waals surface area contributed by atoms with E-state index < -0.39 is 10.0 Å². The number of sulfonamides is 1. The molecule has 0 radical (unpaired) electrons. The molecule has 0 spiro atoms. The summed E-state index contributed by atoms with van der Waals surface area (Å²) in [6, 6.07) is 8.42. The first-order chi connectivity index (χ1) is 12.4. The van der Waals surface area contributed by atoms with E-state index in [-0.39, 0.29) is 11.4 Å². The average Bonchev–Trinajstić information content (AvgIpc) is 2.65. The molecule has 0 aromatic heterocycles. The summed E-state index contributed by atoms with van der Waals surface area (Å²) in [5, 5.41) is 3.93. The van der Waals surface area contributed by atoms with Gasteiger partial charge in [-0.15, -0.1) is 0 Å². The second-order valence-corrected chi connectivity index (χ2v) is 9.66. The quantitative estimate of drug-likeness (QED) is 0.418. The molecular formula is C18H30N4O2S2. The molecule has 146 valence electrons. The number of benzene rings is 1. The average molecular weight is 399 g/mol. The highest BCUT2D eigenvalue weighted by molar-refractivity contribution is 8.00. The van der Waals surface area contributed by atoms with E-state index in [9.17, 15) is 8.42 Å². The molecule has 0 aliphatic carbocycles. The van der Waals surface area contributed by atoms with Crippen LogP contribution in [-0.2, 0) is 10.0 Å². The maximum Gasteiger partial charge on any atom is 0.240 e. The largest absolute Gasteiger partial charge is 0.357 e. The molecule has 2 N–H and O–H groups in total. The molecule has 1 saturated heterocycles. The molecule has 26 heavy (non-hydrogen) atoms. The van der Waals surface area contributed by atoms with Crippen LogP contribution in [0, 0.1) is 5.92 Å². The second-order valence-electron chi connectivity index (χ2n) is 6.55. The summed E-state index contributed by atoms with van der Waals surface area (Å²) in [6.07, 6.45) is 0. The number of nitrogens with zero attached hydrogens (tertiary/aromatic N) is 2. The van der Waals surface area contributed by atoms with Crippen molar-refractivity contribution in [1.82, 2.24) is 14.9 Å². The van der Waals surface area contributed by atoms with Crippen molar-refractivity contribution in [2.75, 3.05) is 38.5 Å². The van der Waals surface area contributed by atoms with Gasteiger partial charge in [-0.2, -0.15) is 11.8 Å². The summed E-state index contributed by atoms with van der Waals surface area (Å²) in [7, 11) is -3.47. The highest BCUT2D eigenvalue weighted by Crippen LogP contribution is 2.24. The summed E-state index contributed by atoms with van der Waals surface area (Å²) < 4.78 is 27.1. The van der Waals surface area contributed by atoms with Gasteiger partial charge in [0.15, 0.2) is 5.96 Å². The lowest BCUT2D eigenvalue weighted by Gasteiger charge is -2.36. The van der Waals surface area contributed by atoms with Crippen molar-refractivity contribution in [2.45, 2.75) is 30.9 Å². The predicted molar refractivity (Wildman–Crippen MR) is 110 cm³/mol. The van der Waals surface area contributed by atoms with Crippen molar-refractivity contribution in [3.05, 3.63) is 30.3 Å². The number of aliphatic imine (C=N–C) groups is 1. The van der Waals surface area contributed by atoms with Gasteiger partial charge in [0.2, 0.25) is 10.0 Å². The van der Waals surface area contributed by atoms with Gasteiger partial charge in [0.1, 0.15) is 0 Å². The van der Waals surface area contributed by atoms with Crippen molar-refractivity contribution in [3.63, 3.8) is 0 Å². The van der Waals surface area contributed by atoms with Gasteiger partial charge in [-0.25, -0.2) is 13.1 Å². The molecule has 1 aliphatic rings. The minimum absolute atomic E-state index is 0.280. The predicted octanol–water partition coefficient (Wildman–Crippen LogP) is 2.00. The Bertz CT molecular complexity index is 678. The molecule has 1 fully saturated rings. The van der Waals surface area contributed by atoms with Gasteiger partial charge in [-0.05, 0) is 25.0 Å². The standard InChI is InChI=1S/C18H30N4O2S2/c1-4-19-18(22-12-13-25-17(14-22)15(2)3)20-10-11-21-26(23,24)16-8-6-5-7-9-16/h5-9,15,17,21H,4,10-14H2,1-3H3,(H,19,20). The van der Waals surface area contributed by atoms with E-state index in [2.05, 4.69) is 33.8 Å². The number of guanidine groups is 1. The number of nitrogens with one attached hydrogen (secondary N) is 2. The maximum absolute atomic E-state index is 12.2. The molecule has 1 aliphatic heterocycles. The van der Waals surface area contributed by atoms with E-state index in [1.165, 1.54) is 0 Å². The van der Waals surface area contributed by atoms with Gasteiger partial charge in [0, 0.05) is 37.2 Å². The van der Waals surface area contributed by atoms with Crippen LogP contribution < -0.4 is 10.0 Å². The number of thioether (sulfide) groups is 1. The van der Waals surface area contributed by atoms with Crippen molar-refractivity contribution >= 4 is 27.7 Å². The van der Waals surface area contributed by atoms with E-state index in [0.717, 1.165) is 31.3 Å². The highest BCUT2D eigenvalue weighted by atomic mass is 32.2. The lowest BCUT2D eigenvalue weighted by atomic mass is 10.1. The van der Waals surface area contributed by atoms with Gasteiger partial charge in [0.05, 0.1) is 11.4 Å². The van der Waals surface area contributed by atoms with Crippen LogP contribution in [0.4, 0.5) is 0 Å². The lowest BCUT2D eigenvalue weighted by molar-refractivity contribution is 0.381. The Hall–Kier alpha value is -1.25. The normalized spacial score (nSPS) is 19.0. The van der Waals surface area contributed by atoms with E-state index in [4.69, 9.17) is 0 Å². The SMILES string of the molecule is CCNC(=NCCNS(=O)(=O)c1ccccc1)N1CCSC(C(C)C)C1. The smallest absolute Gasteiger partial charge is 0.240 e. The fourth-order valence-electron chi connectivity index (χ4n) is 2.72. The monoisotopic (exact) mass is 398 g/mol. The van der Waals surface area contributed by atoms with E-state index in [1.54, 1.807) is 30.3 Å². The topological polar surface area (TPSA) is 73.8 Å². The van der Waals surface area contributed by atoms with Crippen LogP contribution in [0.25, 0.3) is 0 Å². The summed E-state index contributed by atoms with van der Waals surface area (Å²) in [4.78, 5) is 7.19. The number of hydrogen-bond donors (Lipinski definition) is 2. The molecular weight excluding hydrogens is 368 g/mol. The molecule has 8 heteroatoms. The van der Waals surface area contributed by atoms with Gasteiger partial charge >= 0.3 is 0 Å². The maximum atomic E-state index is 12.2. The Kier molecular flexibility index (Phi) is 8.24. The van der Waals surface area contributed by atoms with E-state index in [0.29, 0.717) is 17.7 Å². The molecule has 0 amide bonds. The van der Waals surface area contributed by atoms with Crippen LogP contribution in [-0.4, -0.2) is 63.0 Å². The van der Waals surface area contributed by atoms with Gasteiger partial charge in [-0.3, -0.25) is 4.99 Å². The van der Waals surface area contributed by atoms with Crippen LogP contribution in [0.1, 0.15) is 20.8 Å². The lowest BCUT2D eigenvalue weighted by Crippen LogP contribution is -2.49. The molecule has 1 aromatic carbocycles. The van der Waals surface area contributed by atoms with Crippen molar-refractivity contribution in [1.29, 1.82) is 0 Å². The molecule has 2 rings (SSSR count). The molecule has 0 bridgehead atoms. The summed E-state index contributed by atoms with van der Waals surface area (Å²) >= 11 is 2.02. The number of hydrogen-bond acceptors (Lipinski definition) is 4. The Labute approximate surface area is 161 Å². The number of rotatable bonds is 7. The Morgan fingerprint density at radius 3 is 2.73 bits per heavy atom. The third-order valence-electron chi connectivity index (χ3n) is 4.19. The minimum Gasteiger partial charge on any atom is -0.357 e. The summed E-state index contributed by atoms with van der Waals surface area (Å²) in [5.74, 6) is 2.59. The molecule has 1 heterocycles. The fraction of sp³-hybridized carbons (Fsp3) is 0.611. The second kappa shape index (κ2) is 10.2. The van der Waals surface area contributed by atoms with Crippen LogP contribution in [0.15, 0.2) is 40.2 Å². The highest BCUT2D eigenvalue weighted by Gasteiger charge is 2.24. The first kappa shape index (κ1) is 21.1. The van der Waals surface area contributed by atoms with Crippen molar-refractivity contribution in [3.8, 4) is 0 Å². The van der Waals surface area contributed by atoms with Gasteiger partial charge < -0.3 is 10.2 Å². The first-order valence-electron chi connectivity index (χ1n) is 9.13. The molecule has 0 saturated carbocycles. The zero-order chi connectivity index (χ0) is 19.0. The molecule has 6 nitrogen and oxygen atoms in total. The van der Waals surface area contributed by atoms with Gasteiger partial charge in [0.25, 0.3) is 0 Å². The third-order valence-corrected chi connectivity index (χ3v) is 7.21. The van der Waals surface area contributed by atoms with Crippen LogP contribution in [0.2, 0.25) is 0 Å². The van der Waals surface area contributed by atoms with Crippen LogP contribution in [0.5, 0.6) is 0 Å². The zero-order valence-electron chi connectivity index (χ0n) is 15.8. The van der Waals surface area contributed by atoms with Crippen LogP contribution in [0.3, 0.4) is 0 Å². The van der Waals surface area contributed by atoms with E-state index >= 15 is 0 Å². The Balaban J connectivity index is 1.93. The Morgan fingerprint density at radius 2 is 2.08 bits per heavy atom. The van der Waals surface area contributed by atoms with Crippen molar-refractivity contribution in [2.24, 2.45) is 10.9 Å². The zero-order valence-corrected chi connectivity index (χ0v) is 17.4. The fourth-order valence-corrected chi connectivity index (χ4v) is 5.06. The summed E-state index contributed by atoms with van der Waals surface area (Å²) in [5.41, 5.74) is 0. The Morgan fingerprint density at radius 1 is 1.35 bits per heavy atom. The van der Waals surface area contributed by atoms with Crippen molar-refractivity contribution < 1.29 is 8.42 Å². The van der Waals surface area contributed by atoms with Crippen LogP contribution >= 0.6 is 11.8 Å². The minimum atomic E-state index is -3.47. The summed E-state index contributed by atoms with van der Waals surface area (Å²) in [6.45, 7) is 9.98. The first-order valence-corrected chi connectivity index (χ1v) is 11.7. The molecule has 1 unspecified atom stereocenters. The van der Waals surface area contributed by atoms with Gasteiger partial charge in [-0.1, -0.05) is 32.0 Å².